The molecule has 0 bridgehead atoms. The second-order valence-electron chi connectivity index (χ2n) is 2.57. The summed E-state index contributed by atoms with van der Waals surface area (Å²) in [5.74, 6) is 5.81. The van der Waals surface area contributed by atoms with Gasteiger partial charge in [0.2, 0.25) is 0 Å². The Kier molecular flexibility index (Phi) is 15.5. The van der Waals surface area contributed by atoms with E-state index in [9.17, 15) is 0 Å². The summed E-state index contributed by atoms with van der Waals surface area (Å²) in [6.07, 6.45) is 1.10. The average molecular weight is 277 g/mol. The third kappa shape index (κ3) is 13.2. The van der Waals surface area contributed by atoms with Crippen LogP contribution in [0.15, 0.2) is 0 Å². The first kappa shape index (κ1) is 15.2. The first-order chi connectivity index (χ1) is 6.91. The van der Waals surface area contributed by atoms with Crippen molar-refractivity contribution in [3.63, 3.8) is 0 Å². The summed E-state index contributed by atoms with van der Waals surface area (Å²) in [6.45, 7) is 1.70. The van der Waals surface area contributed by atoms with Crippen LogP contribution in [0.4, 0.5) is 0 Å². The van der Waals surface area contributed by atoms with Crippen molar-refractivity contribution < 1.29 is 4.74 Å². The van der Waals surface area contributed by atoms with E-state index in [4.69, 9.17) is 27.9 Å². The molecule has 0 heterocycles. The molecule has 86 valence electrons. The number of halogens is 2. The van der Waals surface area contributed by atoms with Crippen LogP contribution in [-0.4, -0.2) is 48.0 Å². The molecule has 0 fully saturated rings. The molecule has 0 saturated heterocycles. The fourth-order valence-electron chi connectivity index (χ4n) is 0.753. The Bertz CT molecular complexity index is 94.8. The Morgan fingerprint density at radius 3 is 2.00 bits per heavy atom. The van der Waals surface area contributed by atoms with Crippen LogP contribution in [0.2, 0.25) is 0 Å². The Morgan fingerprint density at radius 1 is 0.786 bits per heavy atom. The minimum atomic E-state index is 0.735. The van der Waals surface area contributed by atoms with Gasteiger partial charge in [0.1, 0.15) is 0 Å². The predicted molar refractivity (Wildman–Crippen MR) is 71.5 cm³/mol. The van der Waals surface area contributed by atoms with Crippen molar-refractivity contribution in [2.75, 3.05) is 48.0 Å². The first-order valence-electron chi connectivity index (χ1n) is 4.77. The van der Waals surface area contributed by atoms with Crippen LogP contribution in [0.3, 0.4) is 0 Å². The van der Waals surface area contributed by atoms with Gasteiger partial charge >= 0.3 is 0 Å². The quantitative estimate of drug-likeness (QED) is 0.423. The van der Waals surface area contributed by atoms with Crippen LogP contribution < -0.4 is 0 Å². The first-order valence-corrected chi connectivity index (χ1v) is 8.15. The summed E-state index contributed by atoms with van der Waals surface area (Å²) in [6, 6.07) is 0. The van der Waals surface area contributed by atoms with E-state index in [0.717, 1.165) is 54.4 Å². The number of hydrogen-bond acceptors (Lipinski definition) is 3. The third-order valence-corrected chi connectivity index (χ3v) is 4.05. The number of hydrogen-bond donors (Lipinski definition) is 0. The molecule has 0 N–H and O–H groups in total. The van der Waals surface area contributed by atoms with Gasteiger partial charge in [-0.05, 0) is 12.2 Å². The largest absolute Gasteiger partial charge is 0.380 e. The molecule has 0 radical (unpaired) electrons. The lowest BCUT2D eigenvalue weighted by atomic mass is 10.6. The summed E-state index contributed by atoms with van der Waals surface area (Å²) < 4.78 is 5.44. The monoisotopic (exact) mass is 276 g/mol. The molecule has 0 aliphatic heterocycles. The molecule has 0 aliphatic rings. The summed E-state index contributed by atoms with van der Waals surface area (Å²) in [7, 11) is 0. The van der Waals surface area contributed by atoms with E-state index >= 15 is 0 Å². The van der Waals surface area contributed by atoms with Crippen LogP contribution >= 0.6 is 46.7 Å². The van der Waals surface area contributed by atoms with Crippen molar-refractivity contribution in [1.29, 1.82) is 0 Å². The lowest BCUT2D eigenvalue weighted by Gasteiger charge is -2.03. The molecule has 0 aromatic carbocycles. The SMILES string of the molecule is ClCCCSCCOCCSCCCl. The van der Waals surface area contributed by atoms with E-state index in [1.807, 2.05) is 23.5 Å². The fourth-order valence-corrected chi connectivity index (χ4v) is 2.71. The zero-order chi connectivity index (χ0) is 10.5. The molecule has 0 rings (SSSR count). The average Bonchev–Trinajstić information content (AvgIpc) is 2.21. The molecule has 0 saturated carbocycles. The number of thioether (sulfide) groups is 2. The van der Waals surface area contributed by atoms with Crippen LogP contribution in [0.5, 0.6) is 0 Å². The van der Waals surface area contributed by atoms with E-state index in [2.05, 4.69) is 0 Å². The van der Waals surface area contributed by atoms with Crippen molar-refractivity contribution in [2.24, 2.45) is 0 Å². The molecular weight excluding hydrogens is 259 g/mol. The van der Waals surface area contributed by atoms with Gasteiger partial charge in [-0.2, -0.15) is 23.5 Å². The normalized spacial score (nSPS) is 10.7. The maximum absolute atomic E-state index is 5.55. The summed E-state index contributed by atoms with van der Waals surface area (Å²) in [5.41, 5.74) is 0. The highest BCUT2D eigenvalue weighted by atomic mass is 35.5. The van der Waals surface area contributed by atoms with Crippen LogP contribution in [-0.2, 0) is 4.74 Å². The second-order valence-corrected chi connectivity index (χ2v) is 5.77. The van der Waals surface area contributed by atoms with Crippen molar-refractivity contribution in [3.05, 3.63) is 0 Å². The number of alkyl halides is 2. The predicted octanol–water partition coefficient (Wildman–Crippen LogP) is 3.34. The third-order valence-electron chi connectivity index (χ3n) is 1.39. The molecule has 0 aromatic rings. The molecule has 5 heteroatoms. The summed E-state index contributed by atoms with van der Waals surface area (Å²) in [5, 5.41) is 0. The fraction of sp³-hybridized carbons (Fsp3) is 1.00. The van der Waals surface area contributed by atoms with Gasteiger partial charge in [0.25, 0.3) is 0 Å². The van der Waals surface area contributed by atoms with Crippen LogP contribution in [0, 0.1) is 0 Å². The van der Waals surface area contributed by atoms with Gasteiger partial charge in [-0.3, -0.25) is 0 Å². The van der Waals surface area contributed by atoms with Gasteiger partial charge in [0, 0.05) is 29.0 Å². The standard InChI is InChI=1S/C9H18Cl2OS2/c10-2-1-6-13-8-4-12-5-9-14-7-3-11/h1-9H2. The van der Waals surface area contributed by atoms with Crippen molar-refractivity contribution >= 4 is 46.7 Å². The minimum absolute atomic E-state index is 0.735. The van der Waals surface area contributed by atoms with E-state index in [0.29, 0.717) is 0 Å². The second kappa shape index (κ2) is 14.2. The summed E-state index contributed by atoms with van der Waals surface area (Å²) >= 11 is 14.8. The van der Waals surface area contributed by atoms with Gasteiger partial charge in [-0.15, -0.1) is 23.2 Å². The molecule has 0 unspecified atom stereocenters. The zero-order valence-corrected chi connectivity index (χ0v) is 11.5. The minimum Gasteiger partial charge on any atom is -0.380 e. The van der Waals surface area contributed by atoms with Gasteiger partial charge in [-0.1, -0.05) is 0 Å². The molecule has 14 heavy (non-hydrogen) atoms. The van der Waals surface area contributed by atoms with Crippen LogP contribution in [0.1, 0.15) is 6.42 Å². The van der Waals surface area contributed by atoms with Crippen LogP contribution in [0.25, 0.3) is 0 Å². The summed E-state index contributed by atoms with van der Waals surface area (Å²) in [4.78, 5) is 0. The van der Waals surface area contributed by atoms with Gasteiger partial charge in [0.05, 0.1) is 13.2 Å². The zero-order valence-electron chi connectivity index (χ0n) is 8.34. The topological polar surface area (TPSA) is 9.23 Å². The Hall–Kier alpha value is 1.24. The van der Waals surface area contributed by atoms with E-state index in [1.54, 1.807) is 0 Å². The molecular formula is C9H18Cl2OS2. The molecule has 0 aromatic heterocycles. The number of rotatable bonds is 11. The van der Waals surface area contributed by atoms with E-state index in [1.165, 1.54) is 0 Å². The van der Waals surface area contributed by atoms with Gasteiger partial charge in [0.15, 0.2) is 0 Å². The molecule has 0 atom stereocenters. The number of ether oxygens (including phenoxy) is 1. The molecule has 1 nitrogen and oxygen atoms in total. The van der Waals surface area contributed by atoms with E-state index < -0.39 is 0 Å². The van der Waals surface area contributed by atoms with Crippen molar-refractivity contribution in [2.45, 2.75) is 6.42 Å². The lowest BCUT2D eigenvalue weighted by molar-refractivity contribution is 0.167. The highest BCUT2D eigenvalue weighted by molar-refractivity contribution is 7.99. The lowest BCUT2D eigenvalue weighted by Crippen LogP contribution is -2.02. The highest BCUT2D eigenvalue weighted by Gasteiger charge is 1.91. The van der Waals surface area contributed by atoms with Gasteiger partial charge < -0.3 is 4.74 Å². The van der Waals surface area contributed by atoms with Gasteiger partial charge in [-0.25, -0.2) is 0 Å². The van der Waals surface area contributed by atoms with Crippen molar-refractivity contribution in [1.82, 2.24) is 0 Å². The Morgan fingerprint density at radius 2 is 1.43 bits per heavy atom. The molecule has 0 amide bonds. The molecule has 0 aliphatic carbocycles. The maximum Gasteiger partial charge on any atom is 0.0557 e. The Labute approximate surface area is 106 Å². The molecule has 0 spiro atoms. The Balaban J connectivity index is 2.78. The highest BCUT2D eigenvalue weighted by Crippen LogP contribution is 2.04. The van der Waals surface area contributed by atoms with E-state index in [-0.39, 0.29) is 0 Å². The maximum atomic E-state index is 5.55. The van der Waals surface area contributed by atoms with Crippen molar-refractivity contribution in [3.8, 4) is 0 Å². The smallest absolute Gasteiger partial charge is 0.0557 e.